The number of rotatable bonds is 8. The van der Waals surface area contributed by atoms with Crippen LogP contribution in [0.15, 0.2) is 4.99 Å². The minimum Gasteiger partial charge on any atom is -0.330 e. The Labute approximate surface area is 108 Å². The monoisotopic (exact) mass is 240 g/mol. The molecule has 0 heterocycles. The lowest BCUT2D eigenvalue weighted by atomic mass is 9.70. The number of nitrogens with two attached hydrogens (primary N) is 1. The smallest absolute Gasteiger partial charge is 0.0442 e. The molecule has 102 valence electrons. The van der Waals surface area contributed by atoms with Crippen LogP contribution in [0, 0.1) is 10.8 Å². The van der Waals surface area contributed by atoms with Crippen molar-refractivity contribution in [3.05, 3.63) is 0 Å². The van der Waals surface area contributed by atoms with E-state index in [1.165, 1.54) is 18.6 Å². The number of hydrogen-bond donors (Lipinski definition) is 1. The summed E-state index contributed by atoms with van der Waals surface area (Å²) in [4.78, 5) is 4.71. The zero-order chi connectivity index (χ0) is 13.5. The van der Waals surface area contributed by atoms with E-state index in [1.54, 1.807) is 0 Å². The third-order valence-electron chi connectivity index (χ3n) is 4.30. The van der Waals surface area contributed by atoms with Crippen LogP contribution in [0.1, 0.15) is 67.2 Å². The Bertz CT molecular complexity index is 241. The molecule has 0 amide bonds. The molecule has 2 heteroatoms. The molecular weight excluding hydrogens is 208 g/mol. The first-order valence-corrected chi connectivity index (χ1v) is 7.04. The predicted octanol–water partition coefficient (Wildman–Crippen LogP) is 4.04. The fourth-order valence-corrected chi connectivity index (χ4v) is 2.10. The summed E-state index contributed by atoms with van der Waals surface area (Å²) in [6, 6.07) is 0. The van der Waals surface area contributed by atoms with Crippen molar-refractivity contribution >= 4 is 5.71 Å². The predicted molar refractivity (Wildman–Crippen MR) is 78.7 cm³/mol. The molecule has 0 saturated carbocycles. The van der Waals surface area contributed by atoms with Crippen LogP contribution in [0.3, 0.4) is 0 Å². The van der Waals surface area contributed by atoms with E-state index in [0.29, 0.717) is 5.41 Å². The van der Waals surface area contributed by atoms with Gasteiger partial charge in [-0.1, -0.05) is 34.6 Å². The first kappa shape index (κ1) is 16.6. The first-order chi connectivity index (χ1) is 7.84. The van der Waals surface area contributed by atoms with Crippen LogP contribution in [-0.4, -0.2) is 18.8 Å². The molecule has 0 saturated heterocycles. The molecule has 17 heavy (non-hydrogen) atoms. The molecule has 0 radical (unpaired) electrons. The lowest BCUT2D eigenvalue weighted by Gasteiger charge is -2.37. The SMILES string of the molecule is CCC(C)=NCC(C)(CC)CC(C)(CC)CN. The quantitative estimate of drug-likeness (QED) is 0.639. The van der Waals surface area contributed by atoms with Crippen molar-refractivity contribution in [2.75, 3.05) is 13.1 Å². The molecule has 0 aliphatic carbocycles. The Morgan fingerprint density at radius 1 is 1.06 bits per heavy atom. The zero-order valence-corrected chi connectivity index (χ0v) is 12.8. The second-order valence-corrected chi connectivity index (χ2v) is 6.11. The van der Waals surface area contributed by atoms with Gasteiger partial charge in [-0.25, -0.2) is 0 Å². The number of hydrogen-bond acceptors (Lipinski definition) is 2. The van der Waals surface area contributed by atoms with Gasteiger partial charge in [0, 0.05) is 12.3 Å². The molecule has 2 N–H and O–H groups in total. The van der Waals surface area contributed by atoms with E-state index in [-0.39, 0.29) is 5.41 Å². The Morgan fingerprint density at radius 3 is 1.94 bits per heavy atom. The van der Waals surface area contributed by atoms with E-state index in [4.69, 9.17) is 10.7 Å². The highest BCUT2D eigenvalue weighted by Gasteiger charge is 2.32. The third kappa shape index (κ3) is 5.67. The molecule has 2 unspecified atom stereocenters. The van der Waals surface area contributed by atoms with Crippen LogP contribution in [0.4, 0.5) is 0 Å². The van der Waals surface area contributed by atoms with Crippen LogP contribution < -0.4 is 5.73 Å². The molecule has 0 aliphatic rings. The van der Waals surface area contributed by atoms with Gasteiger partial charge in [-0.3, -0.25) is 4.99 Å². The molecule has 0 bridgehead atoms. The summed E-state index contributed by atoms with van der Waals surface area (Å²) in [5.41, 5.74) is 7.74. The molecule has 0 fully saturated rings. The fourth-order valence-electron chi connectivity index (χ4n) is 2.10. The summed E-state index contributed by atoms with van der Waals surface area (Å²) in [6.07, 6.45) is 4.55. The van der Waals surface area contributed by atoms with E-state index in [2.05, 4.69) is 41.5 Å². The Kier molecular flexibility index (Phi) is 6.99. The molecule has 2 atom stereocenters. The Morgan fingerprint density at radius 2 is 1.59 bits per heavy atom. The minimum atomic E-state index is 0.264. The van der Waals surface area contributed by atoms with Gasteiger partial charge < -0.3 is 5.73 Å². The van der Waals surface area contributed by atoms with Gasteiger partial charge in [0.05, 0.1) is 0 Å². The average molecular weight is 240 g/mol. The summed E-state index contributed by atoms with van der Waals surface area (Å²) in [5.74, 6) is 0. The lowest BCUT2D eigenvalue weighted by molar-refractivity contribution is 0.161. The van der Waals surface area contributed by atoms with Crippen LogP contribution in [-0.2, 0) is 0 Å². The molecule has 0 aromatic rings. The Balaban J connectivity index is 4.67. The van der Waals surface area contributed by atoms with Crippen LogP contribution >= 0.6 is 0 Å². The van der Waals surface area contributed by atoms with E-state index in [0.717, 1.165) is 25.9 Å². The van der Waals surface area contributed by atoms with Gasteiger partial charge in [0.1, 0.15) is 0 Å². The normalized spacial score (nSPS) is 19.8. The molecule has 2 nitrogen and oxygen atoms in total. The molecule has 0 aromatic carbocycles. The maximum atomic E-state index is 5.93. The van der Waals surface area contributed by atoms with Gasteiger partial charge in [0.15, 0.2) is 0 Å². The fraction of sp³-hybridized carbons (Fsp3) is 0.933. The van der Waals surface area contributed by atoms with Gasteiger partial charge in [0.25, 0.3) is 0 Å². The summed E-state index contributed by atoms with van der Waals surface area (Å²) in [5, 5.41) is 0. The van der Waals surface area contributed by atoms with Gasteiger partial charge in [-0.2, -0.15) is 0 Å². The van der Waals surface area contributed by atoms with Crippen molar-refractivity contribution < 1.29 is 0 Å². The Hall–Kier alpha value is -0.370. The maximum absolute atomic E-state index is 5.93. The van der Waals surface area contributed by atoms with Gasteiger partial charge >= 0.3 is 0 Å². The topological polar surface area (TPSA) is 38.4 Å². The molecule has 0 aromatic heterocycles. The van der Waals surface area contributed by atoms with Crippen molar-refractivity contribution in [3.63, 3.8) is 0 Å². The van der Waals surface area contributed by atoms with Crippen LogP contribution in [0.5, 0.6) is 0 Å². The second kappa shape index (κ2) is 7.15. The van der Waals surface area contributed by atoms with E-state index < -0.39 is 0 Å². The average Bonchev–Trinajstić information content (AvgIpc) is 2.35. The largest absolute Gasteiger partial charge is 0.330 e. The molecule has 0 rings (SSSR count). The number of nitrogens with zero attached hydrogens (tertiary/aromatic N) is 1. The number of aliphatic imine (C=N–C) groups is 1. The molecule has 0 aliphatic heterocycles. The van der Waals surface area contributed by atoms with Crippen molar-refractivity contribution in [1.29, 1.82) is 0 Å². The van der Waals surface area contributed by atoms with Crippen molar-refractivity contribution in [3.8, 4) is 0 Å². The van der Waals surface area contributed by atoms with Crippen molar-refractivity contribution in [1.82, 2.24) is 0 Å². The first-order valence-electron chi connectivity index (χ1n) is 7.04. The summed E-state index contributed by atoms with van der Waals surface area (Å²) in [6.45, 7) is 15.2. The van der Waals surface area contributed by atoms with E-state index in [1.807, 2.05) is 0 Å². The standard InChI is InChI=1S/C15H32N2/c1-7-13(4)17-12-15(6,9-3)10-14(5,8-2)11-16/h7-12,16H2,1-6H3. The van der Waals surface area contributed by atoms with Gasteiger partial charge in [-0.05, 0) is 50.0 Å². The van der Waals surface area contributed by atoms with E-state index >= 15 is 0 Å². The van der Waals surface area contributed by atoms with Crippen molar-refractivity contribution in [2.24, 2.45) is 21.6 Å². The highest BCUT2D eigenvalue weighted by Crippen LogP contribution is 2.38. The van der Waals surface area contributed by atoms with Crippen LogP contribution in [0.2, 0.25) is 0 Å². The van der Waals surface area contributed by atoms with E-state index in [9.17, 15) is 0 Å². The molecule has 0 spiro atoms. The van der Waals surface area contributed by atoms with Crippen LogP contribution in [0.25, 0.3) is 0 Å². The third-order valence-corrected chi connectivity index (χ3v) is 4.30. The maximum Gasteiger partial charge on any atom is 0.0442 e. The molecular formula is C15H32N2. The highest BCUT2D eigenvalue weighted by molar-refractivity contribution is 5.81. The zero-order valence-electron chi connectivity index (χ0n) is 12.8. The van der Waals surface area contributed by atoms with Crippen molar-refractivity contribution in [2.45, 2.75) is 67.2 Å². The second-order valence-electron chi connectivity index (χ2n) is 6.11. The summed E-state index contributed by atoms with van der Waals surface area (Å²) >= 11 is 0. The van der Waals surface area contributed by atoms with Gasteiger partial charge in [-0.15, -0.1) is 0 Å². The summed E-state index contributed by atoms with van der Waals surface area (Å²) < 4.78 is 0. The lowest BCUT2D eigenvalue weighted by Crippen LogP contribution is -2.35. The van der Waals surface area contributed by atoms with Gasteiger partial charge in [0.2, 0.25) is 0 Å². The highest BCUT2D eigenvalue weighted by atomic mass is 14.8. The summed E-state index contributed by atoms with van der Waals surface area (Å²) in [7, 11) is 0. The minimum absolute atomic E-state index is 0.264.